The predicted octanol–water partition coefficient (Wildman–Crippen LogP) is 2.03. The molecule has 0 spiro atoms. The standard InChI is InChI=1S/C18H21ClN4O4S2/c19-14-5-3-13(4-6-14)15(21-18(20)25)12-16(24)22-7-9-23(10-8-22)29(26,27)17-2-1-11-28-17/h1-6,11,15H,7-10,12H2,(H3,20,21,25). The molecule has 1 aromatic carbocycles. The average Bonchev–Trinajstić information content (AvgIpc) is 3.23. The molecule has 0 bridgehead atoms. The summed E-state index contributed by atoms with van der Waals surface area (Å²) in [6.07, 6.45) is 0.0161. The first kappa shape index (κ1) is 21.6. The molecule has 2 heterocycles. The van der Waals surface area contributed by atoms with E-state index in [1.54, 1.807) is 46.7 Å². The molecular weight excluding hydrogens is 436 g/mol. The Morgan fingerprint density at radius 2 is 1.79 bits per heavy atom. The number of nitrogens with two attached hydrogens (primary N) is 1. The lowest BCUT2D eigenvalue weighted by molar-refractivity contribution is -0.132. The third-order valence-corrected chi connectivity index (χ3v) is 8.17. The zero-order chi connectivity index (χ0) is 21.0. The van der Waals surface area contributed by atoms with Crippen LogP contribution in [0.5, 0.6) is 0 Å². The number of rotatable bonds is 6. The lowest BCUT2D eigenvalue weighted by Gasteiger charge is -2.34. The fraction of sp³-hybridized carbons (Fsp3) is 0.333. The van der Waals surface area contributed by atoms with Gasteiger partial charge in [-0.25, -0.2) is 13.2 Å². The summed E-state index contributed by atoms with van der Waals surface area (Å²) in [5.41, 5.74) is 5.96. The topological polar surface area (TPSA) is 113 Å². The summed E-state index contributed by atoms with van der Waals surface area (Å²) >= 11 is 7.07. The van der Waals surface area contributed by atoms with Gasteiger partial charge in [0.05, 0.1) is 12.5 Å². The van der Waals surface area contributed by atoms with Crippen LogP contribution in [0.3, 0.4) is 0 Å². The second-order valence-corrected chi connectivity index (χ2v) is 10.1. The van der Waals surface area contributed by atoms with Crippen LogP contribution < -0.4 is 11.1 Å². The number of amides is 3. The quantitative estimate of drug-likeness (QED) is 0.692. The molecule has 0 aliphatic carbocycles. The molecule has 1 atom stereocenters. The molecule has 1 unspecified atom stereocenters. The number of benzene rings is 1. The second kappa shape index (κ2) is 9.12. The van der Waals surface area contributed by atoms with Crippen LogP contribution in [0, 0.1) is 0 Å². The number of urea groups is 1. The van der Waals surface area contributed by atoms with Crippen molar-refractivity contribution in [2.24, 2.45) is 5.73 Å². The van der Waals surface area contributed by atoms with E-state index in [0.29, 0.717) is 14.8 Å². The fourth-order valence-electron chi connectivity index (χ4n) is 3.14. The summed E-state index contributed by atoms with van der Waals surface area (Å²) in [5.74, 6) is -0.188. The van der Waals surface area contributed by atoms with Crippen molar-refractivity contribution in [3.63, 3.8) is 0 Å². The van der Waals surface area contributed by atoms with Crippen molar-refractivity contribution in [3.8, 4) is 0 Å². The third kappa shape index (κ3) is 5.27. The van der Waals surface area contributed by atoms with E-state index >= 15 is 0 Å². The maximum absolute atomic E-state index is 12.8. The van der Waals surface area contributed by atoms with Crippen LogP contribution in [0.15, 0.2) is 46.0 Å². The fourth-order valence-corrected chi connectivity index (χ4v) is 5.83. The highest BCUT2D eigenvalue weighted by molar-refractivity contribution is 7.91. The average molecular weight is 457 g/mol. The molecular formula is C18H21ClN4O4S2. The van der Waals surface area contributed by atoms with Crippen molar-refractivity contribution < 1.29 is 18.0 Å². The molecule has 1 saturated heterocycles. The molecule has 1 aromatic heterocycles. The van der Waals surface area contributed by atoms with Crippen LogP contribution >= 0.6 is 22.9 Å². The molecule has 0 radical (unpaired) electrons. The first-order valence-electron chi connectivity index (χ1n) is 8.90. The smallest absolute Gasteiger partial charge is 0.312 e. The summed E-state index contributed by atoms with van der Waals surface area (Å²) in [6.45, 7) is 1.02. The molecule has 156 valence electrons. The molecule has 3 rings (SSSR count). The van der Waals surface area contributed by atoms with E-state index in [-0.39, 0.29) is 38.5 Å². The number of nitrogens with zero attached hydrogens (tertiary/aromatic N) is 2. The van der Waals surface area contributed by atoms with Gasteiger partial charge in [-0.05, 0) is 29.1 Å². The number of sulfonamides is 1. The number of nitrogens with one attached hydrogen (secondary N) is 1. The summed E-state index contributed by atoms with van der Waals surface area (Å²) < 4.78 is 26.9. The van der Waals surface area contributed by atoms with Crippen molar-refractivity contribution in [1.82, 2.24) is 14.5 Å². The monoisotopic (exact) mass is 456 g/mol. The minimum absolute atomic E-state index is 0.0161. The highest BCUT2D eigenvalue weighted by atomic mass is 35.5. The lowest BCUT2D eigenvalue weighted by Crippen LogP contribution is -2.51. The van der Waals surface area contributed by atoms with E-state index in [4.69, 9.17) is 17.3 Å². The van der Waals surface area contributed by atoms with E-state index < -0.39 is 22.1 Å². The van der Waals surface area contributed by atoms with Crippen LogP contribution in [-0.2, 0) is 14.8 Å². The van der Waals surface area contributed by atoms with Gasteiger partial charge in [0, 0.05) is 31.2 Å². The molecule has 2 aromatic rings. The van der Waals surface area contributed by atoms with Crippen LogP contribution in [0.1, 0.15) is 18.0 Å². The molecule has 29 heavy (non-hydrogen) atoms. The number of hydrogen-bond acceptors (Lipinski definition) is 5. The third-order valence-electron chi connectivity index (χ3n) is 4.65. The first-order valence-corrected chi connectivity index (χ1v) is 11.6. The van der Waals surface area contributed by atoms with Crippen LogP contribution in [0.2, 0.25) is 5.02 Å². The molecule has 8 nitrogen and oxygen atoms in total. The zero-order valence-corrected chi connectivity index (χ0v) is 17.8. The molecule has 1 fully saturated rings. The Hall–Kier alpha value is -2.14. The van der Waals surface area contributed by atoms with Crippen LogP contribution in [-0.4, -0.2) is 55.7 Å². The molecule has 3 amide bonds. The summed E-state index contributed by atoms with van der Waals surface area (Å²) in [5, 5.41) is 4.84. The van der Waals surface area contributed by atoms with Gasteiger partial charge in [0.2, 0.25) is 5.91 Å². The number of thiophene rings is 1. The van der Waals surface area contributed by atoms with E-state index in [1.165, 1.54) is 15.6 Å². The van der Waals surface area contributed by atoms with Gasteiger partial charge in [-0.1, -0.05) is 29.8 Å². The minimum atomic E-state index is -3.53. The number of hydrogen-bond donors (Lipinski definition) is 2. The predicted molar refractivity (Wildman–Crippen MR) is 111 cm³/mol. The van der Waals surface area contributed by atoms with E-state index in [9.17, 15) is 18.0 Å². The highest BCUT2D eigenvalue weighted by Crippen LogP contribution is 2.24. The summed E-state index contributed by atoms with van der Waals surface area (Å²) in [7, 11) is -3.53. The Morgan fingerprint density at radius 1 is 1.14 bits per heavy atom. The van der Waals surface area contributed by atoms with Crippen molar-refractivity contribution in [2.75, 3.05) is 26.2 Å². The first-order chi connectivity index (χ1) is 13.8. The van der Waals surface area contributed by atoms with E-state index in [0.717, 1.165) is 0 Å². The Balaban J connectivity index is 1.63. The molecule has 0 saturated carbocycles. The molecule has 3 N–H and O–H groups in total. The maximum atomic E-state index is 12.8. The molecule has 11 heteroatoms. The number of carbonyl (C=O) groups excluding carboxylic acids is 2. The van der Waals surface area contributed by atoms with Crippen molar-refractivity contribution in [2.45, 2.75) is 16.7 Å². The van der Waals surface area contributed by atoms with Crippen molar-refractivity contribution >= 4 is 44.9 Å². The second-order valence-electron chi connectivity index (χ2n) is 6.53. The Bertz CT molecular complexity index is 956. The number of carbonyl (C=O) groups is 2. The lowest BCUT2D eigenvalue weighted by atomic mass is 10.0. The minimum Gasteiger partial charge on any atom is -0.352 e. The van der Waals surface area contributed by atoms with E-state index in [2.05, 4.69) is 5.32 Å². The molecule has 1 aliphatic rings. The van der Waals surface area contributed by atoms with E-state index in [1.807, 2.05) is 0 Å². The van der Waals surface area contributed by atoms with Gasteiger partial charge in [-0.2, -0.15) is 4.31 Å². The van der Waals surface area contributed by atoms with Crippen molar-refractivity contribution in [3.05, 3.63) is 52.4 Å². The normalized spacial score (nSPS) is 16.4. The number of primary amides is 1. The van der Waals surface area contributed by atoms with Gasteiger partial charge in [-0.15, -0.1) is 11.3 Å². The van der Waals surface area contributed by atoms with Crippen LogP contribution in [0.4, 0.5) is 4.79 Å². The zero-order valence-electron chi connectivity index (χ0n) is 15.5. The van der Waals surface area contributed by atoms with Gasteiger partial charge >= 0.3 is 6.03 Å². The molecule has 1 aliphatic heterocycles. The number of halogens is 1. The highest BCUT2D eigenvalue weighted by Gasteiger charge is 2.31. The van der Waals surface area contributed by atoms with Gasteiger partial charge in [0.15, 0.2) is 0 Å². The van der Waals surface area contributed by atoms with Gasteiger partial charge in [0.25, 0.3) is 10.0 Å². The maximum Gasteiger partial charge on any atom is 0.312 e. The van der Waals surface area contributed by atoms with Crippen molar-refractivity contribution in [1.29, 1.82) is 0 Å². The Morgan fingerprint density at radius 3 is 2.34 bits per heavy atom. The largest absolute Gasteiger partial charge is 0.352 e. The Labute approximate surface area is 178 Å². The number of piperazine rings is 1. The van der Waals surface area contributed by atoms with Gasteiger partial charge in [0.1, 0.15) is 4.21 Å². The van der Waals surface area contributed by atoms with Gasteiger partial charge in [-0.3, -0.25) is 4.79 Å². The SMILES string of the molecule is NC(=O)NC(CC(=O)N1CCN(S(=O)(=O)c2cccs2)CC1)c1ccc(Cl)cc1. The summed E-state index contributed by atoms with van der Waals surface area (Å²) in [6, 6.07) is 8.73. The summed E-state index contributed by atoms with van der Waals surface area (Å²) in [4.78, 5) is 25.7. The van der Waals surface area contributed by atoms with Crippen LogP contribution in [0.25, 0.3) is 0 Å². The Kier molecular flexibility index (Phi) is 6.78. The van der Waals surface area contributed by atoms with Gasteiger partial charge < -0.3 is 16.0 Å².